The zero-order valence-electron chi connectivity index (χ0n) is 27.6. The van der Waals surface area contributed by atoms with E-state index >= 15 is 0 Å². The van der Waals surface area contributed by atoms with Crippen molar-refractivity contribution in [2.75, 3.05) is 31.6 Å². The number of sulfonamides is 1. The number of methoxy groups -OCH3 is 2. The summed E-state index contributed by atoms with van der Waals surface area (Å²) >= 11 is 0. The van der Waals surface area contributed by atoms with Gasteiger partial charge in [-0.15, -0.1) is 0 Å². The van der Waals surface area contributed by atoms with Gasteiger partial charge in [-0.3, -0.25) is 13.9 Å². The molecule has 0 aliphatic rings. The summed E-state index contributed by atoms with van der Waals surface area (Å²) < 4.78 is 40.9. The number of carbonyl (C=O) groups excluding carboxylic acids is 2. The van der Waals surface area contributed by atoms with Crippen LogP contribution >= 0.6 is 0 Å². The van der Waals surface area contributed by atoms with E-state index in [1.807, 2.05) is 75.4 Å². The van der Waals surface area contributed by atoms with Crippen LogP contribution in [0.1, 0.15) is 35.6 Å². The van der Waals surface area contributed by atoms with Crippen LogP contribution < -0.4 is 19.1 Å². The minimum absolute atomic E-state index is 0.00718. The Kier molecular flexibility index (Phi) is 12.0. The Bertz CT molecular complexity index is 1760. The summed E-state index contributed by atoms with van der Waals surface area (Å²) in [7, 11) is -1.40. The molecule has 9 nitrogen and oxygen atoms in total. The number of nitrogens with one attached hydrogen (secondary N) is 1. The highest BCUT2D eigenvalue weighted by Gasteiger charge is 2.36. The molecule has 0 bridgehead atoms. The standard InChI is InChI=1S/C37H43N3O6S/c1-6-22-38-37(42)34(23-29-13-8-7-9-14-29)39(25-30-15-11-10-12-28(30)3)36(41)26-40(33-24-31(45-4)18-21-35(33)46-5)47(43,44)32-19-16-27(2)17-20-32/h7-21,24,34H,6,22-23,25-26H2,1-5H3,(H,38,42)/t34-/m1/s1. The topological polar surface area (TPSA) is 105 Å². The fourth-order valence-corrected chi connectivity index (χ4v) is 6.65. The molecular formula is C37H43N3O6S. The Morgan fingerprint density at radius 3 is 2.17 bits per heavy atom. The Morgan fingerprint density at radius 1 is 0.851 bits per heavy atom. The van der Waals surface area contributed by atoms with Crippen molar-refractivity contribution in [2.24, 2.45) is 0 Å². The summed E-state index contributed by atoms with van der Waals surface area (Å²) in [5.74, 6) is -0.248. The van der Waals surface area contributed by atoms with Gasteiger partial charge in [-0.25, -0.2) is 8.42 Å². The van der Waals surface area contributed by atoms with Gasteiger partial charge in [0.15, 0.2) is 0 Å². The number of hydrogen-bond donors (Lipinski definition) is 1. The van der Waals surface area contributed by atoms with Crippen LogP contribution in [0, 0.1) is 13.8 Å². The number of carbonyl (C=O) groups is 2. The lowest BCUT2D eigenvalue weighted by molar-refractivity contribution is -0.140. The van der Waals surface area contributed by atoms with E-state index in [1.165, 1.54) is 37.3 Å². The van der Waals surface area contributed by atoms with Crippen molar-refractivity contribution in [1.82, 2.24) is 10.2 Å². The molecule has 10 heteroatoms. The number of anilines is 1. The minimum Gasteiger partial charge on any atom is -0.497 e. The number of amides is 2. The Hall–Kier alpha value is -4.83. The molecule has 0 radical (unpaired) electrons. The fraction of sp³-hybridized carbons (Fsp3) is 0.297. The van der Waals surface area contributed by atoms with Crippen molar-refractivity contribution in [2.45, 2.75) is 51.1 Å². The second-order valence-electron chi connectivity index (χ2n) is 11.3. The summed E-state index contributed by atoms with van der Waals surface area (Å²) in [5.41, 5.74) is 3.67. The smallest absolute Gasteiger partial charge is 0.264 e. The van der Waals surface area contributed by atoms with Crippen LogP contribution in [0.15, 0.2) is 102 Å². The average Bonchev–Trinajstić information content (AvgIpc) is 3.08. The van der Waals surface area contributed by atoms with E-state index in [4.69, 9.17) is 9.47 Å². The molecule has 4 rings (SSSR count). The van der Waals surface area contributed by atoms with E-state index in [-0.39, 0.29) is 35.2 Å². The van der Waals surface area contributed by atoms with Crippen LogP contribution in [-0.4, -0.2) is 58.5 Å². The maximum absolute atomic E-state index is 14.7. The molecule has 0 aliphatic heterocycles. The highest BCUT2D eigenvalue weighted by Crippen LogP contribution is 2.36. The molecule has 0 aromatic heterocycles. The van der Waals surface area contributed by atoms with Crippen molar-refractivity contribution in [3.8, 4) is 11.5 Å². The van der Waals surface area contributed by atoms with Gasteiger partial charge in [0.05, 0.1) is 24.8 Å². The van der Waals surface area contributed by atoms with Crippen LogP contribution in [0.5, 0.6) is 11.5 Å². The van der Waals surface area contributed by atoms with E-state index in [0.717, 1.165) is 26.6 Å². The van der Waals surface area contributed by atoms with Gasteiger partial charge in [-0.1, -0.05) is 79.2 Å². The van der Waals surface area contributed by atoms with Crippen molar-refractivity contribution in [3.05, 3.63) is 119 Å². The molecule has 248 valence electrons. The normalized spacial score (nSPS) is 11.8. The molecule has 4 aromatic carbocycles. The predicted molar refractivity (Wildman–Crippen MR) is 184 cm³/mol. The van der Waals surface area contributed by atoms with Gasteiger partial charge in [0.1, 0.15) is 24.1 Å². The largest absolute Gasteiger partial charge is 0.497 e. The highest BCUT2D eigenvalue weighted by molar-refractivity contribution is 7.92. The van der Waals surface area contributed by atoms with Crippen molar-refractivity contribution >= 4 is 27.5 Å². The molecule has 0 saturated heterocycles. The molecule has 47 heavy (non-hydrogen) atoms. The lowest BCUT2D eigenvalue weighted by atomic mass is 10.0. The molecule has 0 saturated carbocycles. The zero-order valence-corrected chi connectivity index (χ0v) is 28.4. The van der Waals surface area contributed by atoms with E-state index in [2.05, 4.69) is 5.32 Å². The van der Waals surface area contributed by atoms with E-state index in [1.54, 1.807) is 24.3 Å². The van der Waals surface area contributed by atoms with Crippen LogP contribution in [0.4, 0.5) is 5.69 Å². The first-order valence-corrected chi connectivity index (χ1v) is 17.0. The lowest BCUT2D eigenvalue weighted by Crippen LogP contribution is -2.53. The minimum atomic E-state index is -4.31. The maximum atomic E-state index is 14.7. The number of ether oxygens (including phenoxy) is 2. The van der Waals surface area contributed by atoms with Gasteiger partial charge >= 0.3 is 0 Å². The van der Waals surface area contributed by atoms with Crippen molar-refractivity contribution < 1.29 is 27.5 Å². The van der Waals surface area contributed by atoms with Gasteiger partial charge < -0.3 is 19.7 Å². The third-order valence-corrected chi connectivity index (χ3v) is 9.74. The number of hydrogen-bond acceptors (Lipinski definition) is 6. The van der Waals surface area contributed by atoms with Crippen molar-refractivity contribution in [1.29, 1.82) is 0 Å². The summed E-state index contributed by atoms with van der Waals surface area (Å²) in [6, 6.07) is 27.4. The second-order valence-corrected chi connectivity index (χ2v) is 13.2. The second kappa shape index (κ2) is 16.1. The summed E-state index contributed by atoms with van der Waals surface area (Å²) in [6.07, 6.45) is 0.953. The molecule has 1 N–H and O–H groups in total. The third-order valence-electron chi connectivity index (χ3n) is 7.96. The summed E-state index contributed by atoms with van der Waals surface area (Å²) in [4.78, 5) is 30.0. The first-order valence-electron chi connectivity index (χ1n) is 15.6. The Morgan fingerprint density at radius 2 is 1.53 bits per heavy atom. The van der Waals surface area contributed by atoms with Gasteiger partial charge in [0.2, 0.25) is 11.8 Å². The lowest BCUT2D eigenvalue weighted by Gasteiger charge is -2.34. The Labute approximate surface area is 278 Å². The average molecular weight is 658 g/mol. The quantitative estimate of drug-likeness (QED) is 0.176. The molecular weight excluding hydrogens is 614 g/mol. The molecule has 0 heterocycles. The molecule has 0 fully saturated rings. The molecule has 2 amide bonds. The van der Waals surface area contributed by atoms with Gasteiger partial charge in [0, 0.05) is 25.6 Å². The fourth-order valence-electron chi connectivity index (χ4n) is 5.23. The number of rotatable bonds is 15. The molecule has 0 aliphatic carbocycles. The first-order chi connectivity index (χ1) is 22.6. The molecule has 0 unspecified atom stereocenters. The van der Waals surface area contributed by atoms with Crippen LogP contribution in [0.3, 0.4) is 0 Å². The highest BCUT2D eigenvalue weighted by atomic mass is 32.2. The maximum Gasteiger partial charge on any atom is 0.264 e. The van der Waals surface area contributed by atoms with Crippen molar-refractivity contribution in [3.63, 3.8) is 0 Å². The number of nitrogens with zero attached hydrogens (tertiary/aromatic N) is 2. The summed E-state index contributed by atoms with van der Waals surface area (Å²) in [6.45, 7) is 5.69. The summed E-state index contributed by atoms with van der Waals surface area (Å²) in [5, 5.41) is 2.97. The monoisotopic (exact) mass is 657 g/mol. The molecule has 4 aromatic rings. The van der Waals surface area contributed by atoms with Crippen LogP contribution in [-0.2, 0) is 32.6 Å². The van der Waals surface area contributed by atoms with E-state index in [0.29, 0.717) is 18.7 Å². The van der Waals surface area contributed by atoms with Gasteiger partial charge in [0.25, 0.3) is 10.0 Å². The third kappa shape index (κ3) is 8.71. The SMILES string of the molecule is CCCNC(=O)[C@@H](Cc1ccccc1)N(Cc1ccccc1C)C(=O)CN(c1cc(OC)ccc1OC)S(=O)(=O)c1ccc(C)cc1. The first kappa shape index (κ1) is 35.0. The molecule has 0 spiro atoms. The van der Waals surface area contributed by atoms with E-state index < -0.39 is 28.5 Å². The van der Waals surface area contributed by atoms with Gasteiger partial charge in [-0.2, -0.15) is 0 Å². The van der Waals surface area contributed by atoms with Gasteiger partial charge in [-0.05, 0) is 61.2 Å². The molecule has 1 atom stereocenters. The Balaban J connectivity index is 1.87. The zero-order chi connectivity index (χ0) is 34.0. The van der Waals surface area contributed by atoms with E-state index in [9.17, 15) is 18.0 Å². The number of benzene rings is 4. The van der Waals surface area contributed by atoms with Crippen LogP contribution in [0.2, 0.25) is 0 Å². The predicted octanol–water partition coefficient (Wildman–Crippen LogP) is 5.68. The number of aryl methyl sites for hydroxylation is 2. The van der Waals surface area contributed by atoms with Crippen LogP contribution in [0.25, 0.3) is 0 Å².